The van der Waals surface area contributed by atoms with E-state index in [0.717, 1.165) is 42.5 Å². The molecule has 142 valence electrons. The fourth-order valence-electron chi connectivity index (χ4n) is 3.46. The van der Waals surface area contributed by atoms with Crippen molar-refractivity contribution in [1.29, 1.82) is 0 Å². The Hall–Kier alpha value is -2.54. The number of urea groups is 1. The molecule has 0 radical (unpaired) electrons. The molecule has 0 bridgehead atoms. The van der Waals surface area contributed by atoms with Gasteiger partial charge in [-0.25, -0.2) is 9.79 Å². The number of nitrogens with one attached hydrogen (secondary N) is 1. The van der Waals surface area contributed by atoms with Crippen LogP contribution in [0.3, 0.4) is 0 Å². The van der Waals surface area contributed by atoms with E-state index in [-0.39, 0.29) is 6.03 Å². The van der Waals surface area contributed by atoms with E-state index in [0.29, 0.717) is 24.2 Å². The molecular weight excluding hydrogens is 364 g/mol. The fraction of sp³-hybridized carbons (Fsp3) is 0.421. The van der Waals surface area contributed by atoms with Crippen LogP contribution < -0.4 is 5.32 Å². The van der Waals surface area contributed by atoms with Gasteiger partial charge in [0.05, 0.1) is 18.9 Å². The van der Waals surface area contributed by atoms with Crippen LogP contribution in [0.4, 0.5) is 10.5 Å². The standard InChI is InChI=1S/C19H23ClN6O/c1-13-9-15(20)3-4-16(13)23-19(27)25-7-5-24(6-8-25)17-10-18-21-11-14(2)26(18)12-22-17/h3-4,9-10,12,14H,5-8,11H2,1-2H3,(H,23,27)/t14-/m1/s1. The monoisotopic (exact) mass is 386 g/mol. The number of hydrogen-bond donors (Lipinski definition) is 1. The van der Waals surface area contributed by atoms with Gasteiger partial charge in [-0.1, -0.05) is 11.6 Å². The number of amidine groups is 1. The van der Waals surface area contributed by atoms with Gasteiger partial charge >= 0.3 is 6.03 Å². The van der Waals surface area contributed by atoms with Crippen LogP contribution in [0.1, 0.15) is 12.5 Å². The van der Waals surface area contributed by atoms with Crippen LogP contribution in [-0.2, 0) is 0 Å². The predicted octanol–water partition coefficient (Wildman–Crippen LogP) is 2.78. The van der Waals surface area contributed by atoms with Crippen molar-refractivity contribution < 1.29 is 4.79 Å². The predicted molar refractivity (Wildman–Crippen MR) is 109 cm³/mol. The molecule has 1 N–H and O–H groups in total. The highest BCUT2D eigenvalue weighted by atomic mass is 35.5. The highest BCUT2D eigenvalue weighted by molar-refractivity contribution is 6.30. The SMILES string of the molecule is Cc1cc(Cl)ccc1NC(=O)N1CCN(C2=CC3=NC[C@@H](C)N3C=N2)CC1. The molecule has 0 spiro atoms. The highest BCUT2D eigenvalue weighted by Gasteiger charge is 2.28. The van der Waals surface area contributed by atoms with Gasteiger partial charge in [0.2, 0.25) is 0 Å². The van der Waals surface area contributed by atoms with Gasteiger partial charge in [0.15, 0.2) is 0 Å². The third-order valence-corrected chi connectivity index (χ3v) is 5.39. The Morgan fingerprint density at radius 3 is 2.78 bits per heavy atom. The molecule has 0 saturated carbocycles. The molecule has 1 fully saturated rings. The minimum atomic E-state index is -0.0821. The molecule has 3 aliphatic rings. The Bertz CT molecular complexity index is 841. The van der Waals surface area contributed by atoms with Gasteiger partial charge in [-0.3, -0.25) is 4.99 Å². The molecule has 3 aliphatic heterocycles. The second-order valence-corrected chi connectivity index (χ2v) is 7.50. The number of nitrogens with zero attached hydrogens (tertiary/aromatic N) is 5. The van der Waals surface area contributed by atoms with Crippen LogP contribution in [0.25, 0.3) is 0 Å². The Morgan fingerprint density at radius 2 is 2.04 bits per heavy atom. The molecule has 2 amide bonds. The number of carbonyl (C=O) groups excluding carboxylic acids is 1. The third-order valence-electron chi connectivity index (χ3n) is 5.15. The molecule has 7 nitrogen and oxygen atoms in total. The number of fused-ring (bicyclic) bond motifs is 1. The Balaban J connectivity index is 1.34. The number of rotatable bonds is 2. The van der Waals surface area contributed by atoms with Gasteiger partial charge in [0.1, 0.15) is 11.7 Å². The maximum atomic E-state index is 12.6. The molecular formula is C19H23ClN6O. The molecule has 1 atom stereocenters. The van der Waals surface area contributed by atoms with Crippen molar-refractivity contribution in [2.24, 2.45) is 9.98 Å². The Labute approximate surface area is 164 Å². The lowest BCUT2D eigenvalue weighted by molar-refractivity contribution is 0.166. The lowest BCUT2D eigenvalue weighted by Crippen LogP contribution is -2.50. The molecule has 1 aromatic rings. The summed E-state index contributed by atoms with van der Waals surface area (Å²) in [7, 11) is 0. The van der Waals surface area contributed by atoms with Crippen LogP contribution in [0, 0.1) is 6.92 Å². The third kappa shape index (κ3) is 3.64. The van der Waals surface area contributed by atoms with Gasteiger partial charge in [-0.05, 0) is 37.6 Å². The average Bonchev–Trinajstić information content (AvgIpc) is 3.04. The molecule has 4 rings (SSSR count). The van der Waals surface area contributed by atoms with E-state index in [1.165, 1.54) is 0 Å². The van der Waals surface area contributed by atoms with E-state index in [2.05, 4.69) is 32.0 Å². The average molecular weight is 387 g/mol. The lowest BCUT2D eigenvalue weighted by atomic mass is 10.2. The molecule has 0 aromatic heterocycles. The van der Waals surface area contributed by atoms with Crippen molar-refractivity contribution in [3.8, 4) is 0 Å². The zero-order valence-corrected chi connectivity index (χ0v) is 16.3. The maximum Gasteiger partial charge on any atom is 0.321 e. The maximum absolute atomic E-state index is 12.6. The number of anilines is 1. The summed E-state index contributed by atoms with van der Waals surface area (Å²) >= 11 is 5.98. The normalized spacial score (nSPS) is 21.7. The first kappa shape index (κ1) is 17.9. The minimum absolute atomic E-state index is 0.0821. The number of benzene rings is 1. The fourth-order valence-corrected chi connectivity index (χ4v) is 3.69. The van der Waals surface area contributed by atoms with Crippen molar-refractivity contribution in [1.82, 2.24) is 14.7 Å². The second kappa shape index (κ2) is 7.23. The van der Waals surface area contributed by atoms with Gasteiger partial charge in [-0.15, -0.1) is 0 Å². The van der Waals surface area contributed by atoms with E-state index in [9.17, 15) is 4.79 Å². The van der Waals surface area contributed by atoms with Gasteiger partial charge < -0.3 is 20.0 Å². The van der Waals surface area contributed by atoms with Crippen molar-refractivity contribution in [3.05, 3.63) is 40.7 Å². The van der Waals surface area contributed by atoms with Crippen molar-refractivity contribution in [3.63, 3.8) is 0 Å². The van der Waals surface area contributed by atoms with E-state index in [1.54, 1.807) is 6.07 Å². The molecule has 3 heterocycles. The number of amides is 2. The molecule has 1 saturated heterocycles. The van der Waals surface area contributed by atoms with E-state index in [1.807, 2.05) is 36.4 Å². The first-order valence-electron chi connectivity index (χ1n) is 9.17. The number of aryl methyl sites for hydroxylation is 1. The van der Waals surface area contributed by atoms with Gasteiger partial charge in [-0.2, -0.15) is 0 Å². The second-order valence-electron chi connectivity index (χ2n) is 7.07. The lowest BCUT2D eigenvalue weighted by Gasteiger charge is -2.37. The number of carbonyl (C=O) groups is 1. The number of halogens is 1. The molecule has 8 heteroatoms. The summed E-state index contributed by atoms with van der Waals surface area (Å²) in [5, 5.41) is 3.64. The smallest absolute Gasteiger partial charge is 0.321 e. The minimum Gasteiger partial charge on any atom is -0.353 e. The summed E-state index contributed by atoms with van der Waals surface area (Å²) < 4.78 is 0. The van der Waals surface area contributed by atoms with Crippen LogP contribution in [-0.4, -0.2) is 71.7 Å². The molecule has 0 unspecified atom stereocenters. The van der Waals surface area contributed by atoms with E-state index in [4.69, 9.17) is 11.6 Å². The van der Waals surface area contributed by atoms with Crippen molar-refractivity contribution in [2.45, 2.75) is 19.9 Å². The zero-order valence-electron chi connectivity index (χ0n) is 15.5. The Kier molecular flexibility index (Phi) is 4.78. The largest absolute Gasteiger partial charge is 0.353 e. The molecule has 1 aromatic carbocycles. The molecule has 0 aliphatic carbocycles. The quantitative estimate of drug-likeness (QED) is 0.850. The number of piperazine rings is 1. The number of hydrogen-bond acceptors (Lipinski definition) is 5. The first-order valence-corrected chi connectivity index (χ1v) is 9.55. The summed E-state index contributed by atoms with van der Waals surface area (Å²) in [5.74, 6) is 1.90. The summed E-state index contributed by atoms with van der Waals surface area (Å²) in [4.78, 5) is 27.8. The highest BCUT2D eigenvalue weighted by Crippen LogP contribution is 2.21. The molecule has 27 heavy (non-hydrogen) atoms. The summed E-state index contributed by atoms with van der Waals surface area (Å²) in [6, 6.07) is 5.76. The van der Waals surface area contributed by atoms with Crippen LogP contribution in [0.15, 0.2) is 40.1 Å². The van der Waals surface area contributed by atoms with Crippen molar-refractivity contribution in [2.75, 3.05) is 38.0 Å². The zero-order chi connectivity index (χ0) is 19.0. The summed E-state index contributed by atoms with van der Waals surface area (Å²) in [6.45, 7) is 7.68. The van der Waals surface area contributed by atoms with Gasteiger partial charge in [0, 0.05) is 43.0 Å². The Morgan fingerprint density at radius 1 is 1.26 bits per heavy atom. The summed E-state index contributed by atoms with van der Waals surface area (Å²) in [5.41, 5.74) is 1.74. The topological polar surface area (TPSA) is 63.5 Å². The number of aliphatic imine (C=N–C) groups is 2. The van der Waals surface area contributed by atoms with Gasteiger partial charge in [0.25, 0.3) is 0 Å². The summed E-state index contributed by atoms with van der Waals surface area (Å²) in [6.07, 6.45) is 3.91. The van der Waals surface area contributed by atoms with E-state index >= 15 is 0 Å². The van der Waals surface area contributed by atoms with Crippen LogP contribution >= 0.6 is 11.6 Å². The van der Waals surface area contributed by atoms with Crippen molar-refractivity contribution >= 4 is 35.5 Å². The first-order chi connectivity index (χ1) is 13.0. The van der Waals surface area contributed by atoms with Crippen LogP contribution in [0.5, 0.6) is 0 Å². The van der Waals surface area contributed by atoms with Crippen LogP contribution in [0.2, 0.25) is 5.02 Å². The van der Waals surface area contributed by atoms with E-state index < -0.39 is 0 Å².